The van der Waals surface area contributed by atoms with E-state index in [1.807, 2.05) is 0 Å². The standard InChI is InChI=1S/C23H14FN3O4S/c24-17-10-2-1-9-16(17)22(28)26-18-11-3-4-12-19(18)27(23(26)29)32(30,31)20-13-5-7-15-8-6-14-25-21(15)20/h1-14H. The number of para-hydroxylation sites is 3. The molecule has 0 saturated carbocycles. The van der Waals surface area contributed by atoms with Gasteiger partial charge in [-0.1, -0.05) is 42.5 Å². The summed E-state index contributed by atoms with van der Waals surface area (Å²) in [6.45, 7) is 0. The van der Waals surface area contributed by atoms with Crippen molar-refractivity contribution in [1.29, 1.82) is 0 Å². The summed E-state index contributed by atoms with van der Waals surface area (Å²) in [5, 5.41) is 0.577. The van der Waals surface area contributed by atoms with E-state index >= 15 is 0 Å². The molecule has 7 nitrogen and oxygen atoms in total. The van der Waals surface area contributed by atoms with E-state index in [-0.39, 0.29) is 27.0 Å². The van der Waals surface area contributed by atoms with Crippen LogP contribution in [0.1, 0.15) is 10.4 Å². The Labute approximate surface area is 181 Å². The van der Waals surface area contributed by atoms with Gasteiger partial charge in [0.05, 0.1) is 22.1 Å². The molecular formula is C23H14FN3O4S. The van der Waals surface area contributed by atoms with Gasteiger partial charge in [-0.3, -0.25) is 9.78 Å². The summed E-state index contributed by atoms with van der Waals surface area (Å²) in [5.74, 6) is -1.78. The number of halogens is 1. The highest BCUT2D eigenvalue weighted by Crippen LogP contribution is 2.25. The summed E-state index contributed by atoms with van der Waals surface area (Å²) >= 11 is 0. The zero-order valence-electron chi connectivity index (χ0n) is 16.3. The topological polar surface area (TPSA) is 91.0 Å². The molecular weight excluding hydrogens is 433 g/mol. The minimum atomic E-state index is -4.45. The molecule has 0 N–H and O–H groups in total. The van der Waals surface area contributed by atoms with Crippen molar-refractivity contribution < 1.29 is 17.6 Å². The monoisotopic (exact) mass is 447 g/mol. The van der Waals surface area contributed by atoms with Crippen LogP contribution in [-0.2, 0) is 10.0 Å². The number of carbonyl (C=O) groups excluding carboxylic acids is 1. The molecule has 0 aliphatic rings. The summed E-state index contributed by atoms with van der Waals surface area (Å²) < 4.78 is 42.8. The third-order valence-electron chi connectivity index (χ3n) is 5.13. The molecule has 5 aromatic rings. The van der Waals surface area contributed by atoms with Gasteiger partial charge in [-0.15, -0.1) is 0 Å². The number of rotatable bonds is 3. The second-order valence-electron chi connectivity index (χ2n) is 6.99. The SMILES string of the molecule is O=C(c1ccccc1F)n1c(=O)n(S(=O)(=O)c2cccc3cccnc23)c2ccccc21. The lowest BCUT2D eigenvalue weighted by molar-refractivity contribution is 0.0957. The fourth-order valence-corrected chi connectivity index (χ4v) is 5.25. The molecule has 32 heavy (non-hydrogen) atoms. The molecule has 2 aromatic heterocycles. The van der Waals surface area contributed by atoms with E-state index in [1.165, 1.54) is 42.6 Å². The predicted molar refractivity (Wildman–Crippen MR) is 117 cm³/mol. The summed E-state index contributed by atoms with van der Waals surface area (Å²) in [6, 6.07) is 19.1. The van der Waals surface area contributed by atoms with Gasteiger partial charge in [0.25, 0.3) is 15.9 Å². The van der Waals surface area contributed by atoms with Crippen molar-refractivity contribution in [2.75, 3.05) is 0 Å². The first-order chi connectivity index (χ1) is 15.4. The maximum atomic E-state index is 14.3. The van der Waals surface area contributed by atoms with Crippen molar-refractivity contribution in [2.45, 2.75) is 4.90 Å². The molecule has 0 bridgehead atoms. The Bertz CT molecular complexity index is 1700. The molecule has 0 atom stereocenters. The number of hydrogen-bond acceptors (Lipinski definition) is 5. The van der Waals surface area contributed by atoms with Gasteiger partial charge in [-0.25, -0.2) is 22.2 Å². The molecule has 0 aliphatic heterocycles. The van der Waals surface area contributed by atoms with Crippen molar-refractivity contribution in [3.8, 4) is 0 Å². The van der Waals surface area contributed by atoms with Crippen LogP contribution in [0.15, 0.2) is 94.7 Å². The first kappa shape index (κ1) is 19.8. The number of pyridine rings is 1. The third kappa shape index (κ3) is 2.86. The summed E-state index contributed by atoms with van der Waals surface area (Å²) in [6.07, 6.45) is 1.45. The van der Waals surface area contributed by atoms with Crippen LogP contribution in [0.3, 0.4) is 0 Å². The Balaban J connectivity index is 1.83. The highest BCUT2D eigenvalue weighted by Gasteiger charge is 2.30. The average Bonchev–Trinajstić information content (AvgIpc) is 3.11. The van der Waals surface area contributed by atoms with Crippen LogP contribution in [0.5, 0.6) is 0 Å². The van der Waals surface area contributed by atoms with Crippen LogP contribution in [0.25, 0.3) is 21.9 Å². The molecule has 0 amide bonds. The minimum absolute atomic E-state index is 0.00452. The van der Waals surface area contributed by atoms with Crippen LogP contribution >= 0.6 is 0 Å². The number of hydrogen-bond donors (Lipinski definition) is 0. The Morgan fingerprint density at radius 2 is 1.53 bits per heavy atom. The Morgan fingerprint density at radius 3 is 2.31 bits per heavy atom. The van der Waals surface area contributed by atoms with Gasteiger partial charge in [0.2, 0.25) is 0 Å². The van der Waals surface area contributed by atoms with Gasteiger partial charge in [-0.05, 0) is 36.4 Å². The van der Waals surface area contributed by atoms with Crippen LogP contribution in [-0.4, -0.2) is 27.8 Å². The zero-order valence-corrected chi connectivity index (χ0v) is 17.2. The maximum absolute atomic E-state index is 14.3. The highest BCUT2D eigenvalue weighted by atomic mass is 32.2. The van der Waals surface area contributed by atoms with Gasteiger partial charge < -0.3 is 0 Å². The van der Waals surface area contributed by atoms with Crippen LogP contribution in [0.2, 0.25) is 0 Å². The molecule has 158 valence electrons. The van der Waals surface area contributed by atoms with Crippen molar-refractivity contribution in [3.05, 3.63) is 107 Å². The number of fused-ring (bicyclic) bond motifs is 2. The Kier molecular flexibility index (Phi) is 4.49. The number of nitrogens with zero attached hydrogens (tertiary/aromatic N) is 3. The molecule has 9 heteroatoms. The molecule has 0 unspecified atom stereocenters. The van der Waals surface area contributed by atoms with E-state index in [9.17, 15) is 22.4 Å². The first-order valence-corrected chi connectivity index (χ1v) is 11.0. The molecule has 0 aliphatic carbocycles. The van der Waals surface area contributed by atoms with Gasteiger partial charge in [0, 0.05) is 11.6 Å². The number of benzene rings is 3. The lowest BCUT2D eigenvalue weighted by Gasteiger charge is -2.08. The second kappa shape index (κ2) is 7.24. The lowest BCUT2D eigenvalue weighted by Crippen LogP contribution is -2.33. The maximum Gasteiger partial charge on any atom is 0.350 e. The predicted octanol–water partition coefficient (Wildman–Crippen LogP) is 3.42. The third-order valence-corrected chi connectivity index (χ3v) is 6.85. The van der Waals surface area contributed by atoms with E-state index in [0.717, 1.165) is 6.07 Å². The first-order valence-electron chi connectivity index (χ1n) is 9.52. The largest absolute Gasteiger partial charge is 0.350 e. The van der Waals surface area contributed by atoms with E-state index in [4.69, 9.17) is 0 Å². The average molecular weight is 447 g/mol. The zero-order chi connectivity index (χ0) is 22.5. The van der Waals surface area contributed by atoms with Crippen LogP contribution in [0, 0.1) is 5.82 Å². The van der Waals surface area contributed by atoms with Crippen molar-refractivity contribution >= 4 is 37.9 Å². The van der Waals surface area contributed by atoms with E-state index in [0.29, 0.717) is 13.9 Å². The molecule has 0 spiro atoms. The number of aromatic nitrogens is 3. The normalized spacial score (nSPS) is 11.8. The molecule has 2 heterocycles. The van der Waals surface area contributed by atoms with E-state index < -0.39 is 27.4 Å². The van der Waals surface area contributed by atoms with Crippen molar-refractivity contribution in [1.82, 2.24) is 13.5 Å². The summed E-state index contributed by atoms with van der Waals surface area (Å²) in [4.78, 5) is 30.4. The smallest absolute Gasteiger partial charge is 0.268 e. The highest BCUT2D eigenvalue weighted by molar-refractivity contribution is 7.90. The molecule has 5 rings (SSSR count). The molecule has 0 radical (unpaired) electrons. The van der Waals surface area contributed by atoms with Gasteiger partial charge >= 0.3 is 5.69 Å². The second-order valence-corrected chi connectivity index (χ2v) is 8.75. The Hall–Kier alpha value is -4.11. The van der Waals surface area contributed by atoms with Gasteiger partial charge in [0.15, 0.2) is 0 Å². The minimum Gasteiger partial charge on any atom is -0.268 e. The van der Waals surface area contributed by atoms with Crippen molar-refractivity contribution in [3.63, 3.8) is 0 Å². The number of imidazole rings is 1. The lowest BCUT2D eigenvalue weighted by atomic mass is 10.2. The molecule has 0 fully saturated rings. The van der Waals surface area contributed by atoms with Crippen LogP contribution < -0.4 is 5.69 Å². The molecule has 0 saturated heterocycles. The fraction of sp³-hybridized carbons (Fsp3) is 0. The van der Waals surface area contributed by atoms with E-state index in [1.54, 1.807) is 36.4 Å². The summed E-state index contributed by atoms with van der Waals surface area (Å²) in [7, 11) is -4.45. The van der Waals surface area contributed by atoms with E-state index in [2.05, 4.69) is 4.98 Å². The molecule has 3 aromatic carbocycles. The fourth-order valence-electron chi connectivity index (χ4n) is 3.69. The van der Waals surface area contributed by atoms with Gasteiger partial charge in [0.1, 0.15) is 10.7 Å². The number of carbonyl (C=O) groups is 1. The van der Waals surface area contributed by atoms with Crippen molar-refractivity contribution in [2.24, 2.45) is 0 Å². The van der Waals surface area contributed by atoms with Crippen LogP contribution in [0.4, 0.5) is 4.39 Å². The quantitative estimate of drug-likeness (QED) is 0.423. The summed E-state index contributed by atoms with van der Waals surface area (Å²) in [5.41, 5.74) is -1.23. The Morgan fingerprint density at radius 1 is 0.844 bits per heavy atom. The van der Waals surface area contributed by atoms with Gasteiger partial charge in [-0.2, -0.15) is 3.97 Å².